The molecule has 21 heavy (non-hydrogen) atoms. The number of aryl methyl sites for hydroxylation is 1. The number of carbonyl (C=O) groups excluding carboxylic acids is 1. The highest BCUT2D eigenvalue weighted by Gasteiger charge is 2.41. The number of aliphatic carboxylic acids is 1. The van der Waals surface area contributed by atoms with Crippen molar-refractivity contribution in [3.63, 3.8) is 0 Å². The topological polar surface area (TPSA) is 87.5 Å². The highest BCUT2D eigenvalue weighted by molar-refractivity contribution is 8.00. The lowest BCUT2D eigenvalue weighted by atomic mass is 10.2. The van der Waals surface area contributed by atoms with E-state index in [1.165, 1.54) is 16.7 Å². The molecule has 1 saturated heterocycles. The Labute approximate surface area is 127 Å². The number of amides is 2. The molecule has 2 amide bonds. The first-order valence-electron chi connectivity index (χ1n) is 6.92. The molecular weight excluding hydrogens is 292 g/mol. The van der Waals surface area contributed by atoms with Crippen molar-refractivity contribution in [3.05, 3.63) is 18.0 Å². The fraction of sp³-hybridized carbons (Fsp3) is 0.615. The SMILES string of the molecule is CCCC1SCC(C(=O)O)N1C(=O)NCc1ccnn1C. The number of thioether (sulfide) groups is 1. The number of hydrogen-bond donors (Lipinski definition) is 2. The van der Waals surface area contributed by atoms with Crippen molar-refractivity contribution in [1.82, 2.24) is 20.0 Å². The molecule has 2 unspecified atom stereocenters. The Morgan fingerprint density at radius 2 is 2.33 bits per heavy atom. The van der Waals surface area contributed by atoms with Crippen LogP contribution < -0.4 is 5.32 Å². The van der Waals surface area contributed by atoms with Gasteiger partial charge in [0.15, 0.2) is 0 Å². The summed E-state index contributed by atoms with van der Waals surface area (Å²) in [4.78, 5) is 25.1. The molecule has 1 aromatic rings. The van der Waals surface area contributed by atoms with E-state index in [1.54, 1.807) is 17.9 Å². The van der Waals surface area contributed by atoms with E-state index in [0.717, 1.165) is 18.5 Å². The third-order valence-electron chi connectivity index (χ3n) is 3.49. The van der Waals surface area contributed by atoms with Gasteiger partial charge in [-0.05, 0) is 12.5 Å². The Bertz CT molecular complexity index is 519. The predicted molar refractivity (Wildman–Crippen MR) is 79.9 cm³/mol. The molecule has 2 rings (SSSR count). The summed E-state index contributed by atoms with van der Waals surface area (Å²) in [5, 5.41) is 16.0. The average Bonchev–Trinajstić information content (AvgIpc) is 3.03. The first-order chi connectivity index (χ1) is 10.0. The standard InChI is InChI=1S/C13H20N4O3S/c1-3-4-11-17(10(8-21-11)12(18)19)13(20)14-7-9-5-6-15-16(9)2/h5-6,10-11H,3-4,7-8H2,1-2H3,(H,14,20)(H,18,19). The van der Waals surface area contributed by atoms with Crippen LogP contribution >= 0.6 is 11.8 Å². The zero-order valence-electron chi connectivity index (χ0n) is 12.2. The van der Waals surface area contributed by atoms with Gasteiger partial charge in [-0.2, -0.15) is 5.10 Å². The number of urea groups is 1. The summed E-state index contributed by atoms with van der Waals surface area (Å²) in [6.45, 7) is 2.36. The lowest BCUT2D eigenvalue weighted by Gasteiger charge is -2.27. The van der Waals surface area contributed by atoms with Crippen LogP contribution in [-0.4, -0.2) is 49.0 Å². The van der Waals surface area contributed by atoms with Crippen LogP contribution in [0, 0.1) is 0 Å². The molecule has 8 heteroatoms. The maximum absolute atomic E-state index is 12.4. The summed E-state index contributed by atoms with van der Waals surface area (Å²) in [5.41, 5.74) is 0.870. The maximum Gasteiger partial charge on any atom is 0.327 e. The van der Waals surface area contributed by atoms with E-state index in [1.807, 2.05) is 13.0 Å². The molecule has 0 bridgehead atoms. The summed E-state index contributed by atoms with van der Waals surface area (Å²) < 4.78 is 1.68. The van der Waals surface area contributed by atoms with E-state index in [9.17, 15) is 14.7 Å². The van der Waals surface area contributed by atoms with Gasteiger partial charge in [0, 0.05) is 19.0 Å². The van der Waals surface area contributed by atoms with E-state index >= 15 is 0 Å². The van der Waals surface area contributed by atoms with Gasteiger partial charge in [-0.1, -0.05) is 13.3 Å². The lowest BCUT2D eigenvalue weighted by Crippen LogP contribution is -2.50. The lowest BCUT2D eigenvalue weighted by molar-refractivity contribution is -0.141. The molecule has 0 spiro atoms. The monoisotopic (exact) mass is 312 g/mol. The first kappa shape index (κ1) is 15.7. The third-order valence-corrected chi connectivity index (χ3v) is 4.85. The first-order valence-corrected chi connectivity index (χ1v) is 7.97. The smallest absolute Gasteiger partial charge is 0.327 e. The van der Waals surface area contributed by atoms with Crippen molar-refractivity contribution in [2.45, 2.75) is 37.7 Å². The van der Waals surface area contributed by atoms with Crippen LogP contribution in [0.4, 0.5) is 4.79 Å². The van der Waals surface area contributed by atoms with Crippen LogP contribution in [0.25, 0.3) is 0 Å². The van der Waals surface area contributed by atoms with E-state index in [0.29, 0.717) is 12.3 Å². The van der Waals surface area contributed by atoms with Crippen molar-refractivity contribution in [2.75, 3.05) is 5.75 Å². The number of aromatic nitrogens is 2. The van der Waals surface area contributed by atoms with Crippen LogP contribution in [-0.2, 0) is 18.4 Å². The zero-order valence-corrected chi connectivity index (χ0v) is 13.0. The summed E-state index contributed by atoms with van der Waals surface area (Å²) >= 11 is 1.53. The average molecular weight is 312 g/mol. The number of nitrogens with zero attached hydrogens (tertiary/aromatic N) is 3. The molecule has 0 radical (unpaired) electrons. The largest absolute Gasteiger partial charge is 0.480 e. The fourth-order valence-electron chi connectivity index (χ4n) is 2.33. The van der Waals surface area contributed by atoms with Gasteiger partial charge in [0.05, 0.1) is 17.6 Å². The van der Waals surface area contributed by atoms with Gasteiger partial charge in [-0.3, -0.25) is 9.58 Å². The van der Waals surface area contributed by atoms with Gasteiger partial charge >= 0.3 is 12.0 Å². The van der Waals surface area contributed by atoms with Gasteiger partial charge in [0.25, 0.3) is 0 Å². The molecule has 7 nitrogen and oxygen atoms in total. The molecule has 2 N–H and O–H groups in total. The normalized spacial score (nSPS) is 21.5. The van der Waals surface area contributed by atoms with E-state index in [2.05, 4.69) is 10.4 Å². The molecular formula is C13H20N4O3S. The molecule has 0 aromatic carbocycles. The Morgan fingerprint density at radius 3 is 2.90 bits per heavy atom. The van der Waals surface area contributed by atoms with Gasteiger partial charge in [-0.25, -0.2) is 9.59 Å². The number of carboxylic acids is 1. The van der Waals surface area contributed by atoms with Crippen molar-refractivity contribution in [1.29, 1.82) is 0 Å². The van der Waals surface area contributed by atoms with Crippen LogP contribution in [0.2, 0.25) is 0 Å². The molecule has 2 heterocycles. The molecule has 1 aliphatic rings. The quantitative estimate of drug-likeness (QED) is 0.854. The minimum atomic E-state index is -0.947. The van der Waals surface area contributed by atoms with Gasteiger partial charge in [-0.15, -0.1) is 11.8 Å². The van der Waals surface area contributed by atoms with Gasteiger partial charge in [0.2, 0.25) is 0 Å². The molecule has 2 atom stereocenters. The Balaban J connectivity index is 2.02. The van der Waals surface area contributed by atoms with Crippen molar-refractivity contribution in [2.24, 2.45) is 7.05 Å². The summed E-state index contributed by atoms with van der Waals surface area (Å²) in [7, 11) is 1.80. The molecule has 116 valence electrons. The molecule has 0 saturated carbocycles. The molecule has 1 fully saturated rings. The number of nitrogens with one attached hydrogen (secondary N) is 1. The Morgan fingerprint density at radius 1 is 1.57 bits per heavy atom. The molecule has 1 aromatic heterocycles. The second-order valence-corrected chi connectivity index (χ2v) is 6.15. The highest BCUT2D eigenvalue weighted by atomic mass is 32.2. The maximum atomic E-state index is 12.4. The Hall–Kier alpha value is -1.70. The highest BCUT2D eigenvalue weighted by Crippen LogP contribution is 2.32. The second kappa shape index (κ2) is 6.84. The molecule has 1 aliphatic heterocycles. The molecule has 0 aliphatic carbocycles. The zero-order chi connectivity index (χ0) is 15.4. The van der Waals surface area contributed by atoms with Crippen molar-refractivity contribution < 1.29 is 14.7 Å². The van der Waals surface area contributed by atoms with Crippen LogP contribution in [0.3, 0.4) is 0 Å². The van der Waals surface area contributed by atoms with Crippen molar-refractivity contribution in [3.8, 4) is 0 Å². The number of carbonyl (C=O) groups is 2. The van der Waals surface area contributed by atoms with E-state index in [-0.39, 0.29) is 11.4 Å². The third kappa shape index (κ3) is 3.49. The number of rotatable bonds is 5. The van der Waals surface area contributed by atoms with Crippen LogP contribution in [0.5, 0.6) is 0 Å². The predicted octanol–water partition coefficient (Wildman–Crippen LogP) is 1.26. The van der Waals surface area contributed by atoms with E-state index in [4.69, 9.17) is 0 Å². The minimum Gasteiger partial charge on any atom is -0.480 e. The summed E-state index contributed by atoms with van der Waals surface area (Å²) in [6.07, 6.45) is 3.37. The summed E-state index contributed by atoms with van der Waals surface area (Å²) in [5.74, 6) is -0.504. The number of hydrogen-bond acceptors (Lipinski definition) is 4. The summed E-state index contributed by atoms with van der Waals surface area (Å²) in [6, 6.07) is 0.738. The number of carboxylic acid groups (broad SMARTS) is 1. The van der Waals surface area contributed by atoms with E-state index < -0.39 is 12.0 Å². The van der Waals surface area contributed by atoms with Crippen LogP contribution in [0.1, 0.15) is 25.5 Å². The Kier molecular flexibility index (Phi) is 5.11. The van der Waals surface area contributed by atoms with Gasteiger partial charge in [0.1, 0.15) is 6.04 Å². The fourth-order valence-corrected chi connectivity index (χ4v) is 3.84. The van der Waals surface area contributed by atoms with Gasteiger partial charge < -0.3 is 10.4 Å². The van der Waals surface area contributed by atoms with Crippen LogP contribution in [0.15, 0.2) is 12.3 Å². The van der Waals surface area contributed by atoms with Crippen molar-refractivity contribution >= 4 is 23.8 Å². The minimum absolute atomic E-state index is 0.0670. The second-order valence-electron chi connectivity index (χ2n) is 4.94.